The molecule has 0 fully saturated rings. The number of hydrogen-bond acceptors (Lipinski definition) is 4. The molecule has 148 valence electrons. The van der Waals surface area contributed by atoms with Crippen molar-refractivity contribution in [3.8, 4) is 0 Å². The Morgan fingerprint density at radius 3 is 2.61 bits per heavy atom. The number of amides is 1. The second kappa shape index (κ2) is 7.26. The number of aryl methyl sites for hydroxylation is 3. The van der Waals surface area contributed by atoms with Crippen molar-refractivity contribution in [3.63, 3.8) is 0 Å². The van der Waals surface area contributed by atoms with Gasteiger partial charge in [0, 0.05) is 17.5 Å². The zero-order valence-electron chi connectivity index (χ0n) is 17.3. The van der Waals surface area contributed by atoms with Gasteiger partial charge in [0.15, 0.2) is 0 Å². The van der Waals surface area contributed by atoms with Crippen LogP contribution in [0.4, 0.5) is 0 Å². The van der Waals surface area contributed by atoms with Gasteiger partial charge in [-0.25, -0.2) is 0 Å². The van der Waals surface area contributed by atoms with Crippen LogP contribution in [0.3, 0.4) is 0 Å². The number of pyridine rings is 1. The molecule has 0 spiro atoms. The standard InChI is InChI=1S/C22H27N3O3/c1-12-7-8-15-11-16(20(26)24-18(15)13(12)2)9-10-23-21(27)17-14(3)28-25-19(17)22(4,5)6/h7-8,11H,9-10H2,1-6H3,(H,23,27)(H,24,26). The van der Waals surface area contributed by atoms with Crippen molar-refractivity contribution in [1.29, 1.82) is 0 Å². The number of fused-ring (bicyclic) bond motifs is 1. The lowest BCUT2D eigenvalue weighted by Gasteiger charge is -2.16. The third kappa shape index (κ3) is 3.72. The predicted molar refractivity (Wildman–Crippen MR) is 110 cm³/mol. The molecule has 1 aromatic carbocycles. The van der Waals surface area contributed by atoms with Crippen LogP contribution in [0, 0.1) is 20.8 Å². The largest absolute Gasteiger partial charge is 0.361 e. The average molecular weight is 381 g/mol. The summed E-state index contributed by atoms with van der Waals surface area (Å²) < 4.78 is 5.23. The maximum absolute atomic E-state index is 12.7. The second-order valence-electron chi connectivity index (χ2n) is 8.31. The van der Waals surface area contributed by atoms with Gasteiger partial charge in [-0.2, -0.15) is 0 Å². The molecule has 3 rings (SSSR count). The van der Waals surface area contributed by atoms with Crippen LogP contribution in [-0.4, -0.2) is 22.6 Å². The summed E-state index contributed by atoms with van der Waals surface area (Å²) in [5.74, 6) is 0.268. The summed E-state index contributed by atoms with van der Waals surface area (Å²) in [5.41, 5.74) is 4.43. The Morgan fingerprint density at radius 2 is 1.93 bits per heavy atom. The number of carbonyl (C=O) groups excluding carboxylic acids is 1. The van der Waals surface area contributed by atoms with E-state index in [0.29, 0.717) is 35.5 Å². The van der Waals surface area contributed by atoms with E-state index in [1.165, 1.54) is 0 Å². The fraction of sp³-hybridized carbons (Fsp3) is 0.409. The van der Waals surface area contributed by atoms with Gasteiger partial charge in [-0.1, -0.05) is 38.1 Å². The van der Waals surface area contributed by atoms with Gasteiger partial charge in [-0.3, -0.25) is 9.59 Å². The van der Waals surface area contributed by atoms with E-state index in [-0.39, 0.29) is 16.9 Å². The van der Waals surface area contributed by atoms with E-state index in [0.717, 1.165) is 22.0 Å². The number of rotatable bonds is 4. The van der Waals surface area contributed by atoms with E-state index >= 15 is 0 Å². The molecule has 0 aliphatic carbocycles. The molecule has 0 bridgehead atoms. The number of aromatic amines is 1. The van der Waals surface area contributed by atoms with Crippen molar-refractivity contribution in [1.82, 2.24) is 15.5 Å². The highest BCUT2D eigenvalue weighted by atomic mass is 16.5. The highest BCUT2D eigenvalue weighted by Crippen LogP contribution is 2.26. The highest BCUT2D eigenvalue weighted by molar-refractivity contribution is 5.96. The zero-order chi connectivity index (χ0) is 20.6. The van der Waals surface area contributed by atoms with Crippen LogP contribution in [0.2, 0.25) is 0 Å². The summed E-state index contributed by atoms with van der Waals surface area (Å²) in [6, 6.07) is 5.95. The first kappa shape index (κ1) is 19.9. The summed E-state index contributed by atoms with van der Waals surface area (Å²) in [6.07, 6.45) is 0.444. The van der Waals surface area contributed by atoms with Crippen LogP contribution in [0.15, 0.2) is 27.5 Å². The molecular formula is C22H27N3O3. The number of benzene rings is 1. The zero-order valence-corrected chi connectivity index (χ0v) is 17.3. The van der Waals surface area contributed by atoms with Crippen molar-refractivity contribution in [2.45, 2.75) is 53.4 Å². The molecule has 6 heteroatoms. The Balaban J connectivity index is 1.77. The molecule has 0 aliphatic rings. The molecule has 28 heavy (non-hydrogen) atoms. The van der Waals surface area contributed by atoms with Gasteiger partial charge >= 0.3 is 0 Å². The lowest BCUT2D eigenvalue weighted by atomic mass is 9.88. The second-order valence-corrected chi connectivity index (χ2v) is 8.31. The van der Waals surface area contributed by atoms with E-state index in [4.69, 9.17) is 4.52 Å². The lowest BCUT2D eigenvalue weighted by Crippen LogP contribution is -2.30. The molecule has 0 saturated heterocycles. The predicted octanol–water partition coefficient (Wildman–Crippen LogP) is 3.71. The fourth-order valence-corrected chi connectivity index (χ4v) is 3.31. The van der Waals surface area contributed by atoms with E-state index in [2.05, 4.69) is 15.5 Å². The molecule has 0 unspecified atom stereocenters. The Morgan fingerprint density at radius 1 is 1.21 bits per heavy atom. The summed E-state index contributed by atoms with van der Waals surface area (Å²) in [6.45, 7) is 12.1. The average Bonchev–Trinajstić information content (AvgIpc) is 3.01. The monoisotopic (exact) mass is 381 g/mol. The first-order valence-electron chi connectivity index (χ1n) is 9.46. The normalized spacial score (nSPS) is 11.8. The third-order valence-electron chi connectivity index (χ3n) is 5.11. The molecule has 0 saturated carbocycles. The summed E-state index contributed by atoms with van der Waals surface area (Å²) in [4.78, 5) is 28.1. The Labute approximate surface area is 164 Å². The van der Waals surface area contributed by atoms with Crippen molar-refractivity contribution in [2.75, 3.05) is 6.54 Å². The molecule has 0 aliphatic heterocycles. The molecule has 6 nitrogen and oxygen atoms in total. The minimum Gasteiger partial charge on any atom is -0.361 e. The van der Waals surface area contributed by atoms with Crippen LogP contribution < -0.4 is 10.9 Å². The van der Waals surface area contributed by atoms with Crippen LogP contribution in [0.1, 0.15) is 59.3 Å². The van der Waals surface area contributed by atoms with Gasteiger partial charge in [0.2, 0.25) is 0 Å². The number of aromatic nitrogens is 2. The molecule has 1 amide bonds. The van der Waals surface area contributed by atoms with Crippen LogP contribution in [0.5, 0.6) is 0 Å². The molecule has 2 heterocycles. The SMILES string of the molecule is Cc1ccc2cc(CCNC(=O)c3c(C(C)(C)C)noc3C)c(=O)[nH]c2c1C. The van der Waals surface area contributed by atoms with Gasteiger partial charge in [-0.15, -0.1) is 0 Å². The van der Waals surface area contributed by atoms with E-state index in [9.17, 15) is 9.59 Å². The number of hydrogen-bond donors (Lipinski definition) is 2. The smallest absolute Gasteiger partial charge is 0.256 e. The van der Waals surface area contributed by atoms with Crippen molar-refractivity contribution >= 4 is 16.8 Å². The summed E-state index contributed by atoms with van der Waals surface area (Å²) in [5, 5.41) is 7.93. The number of nitrogens with zero attached hydrogens (tertiary/aromatic N) is 1. The molecule has 3 aromatic rings. The minimum atomic E-state index is -0.296. The minimum absolute atomic E-state index is 0.119. The third-order valence-corrected chi connectivity index (χ3v) is 5.11. The molecule has 2 N–H and O–H groups in total. The number of nitrogens with one attached hydrogen (secondary N) is 2. The van der Waals surface area contributed by atoms with E-state index < -0.39 is 0 Å². The van der Waals surface area contributed by atoms with Gasteiger partial charge in [0.1, 0.15) is 17.0 Å². The van der Waals surface area contributed by atoms with Crippen molar-refractivity contribution in [3.05, 3.63) is 62.3 Å². The van der Waals surface area contributed by atoms with Gasteiger partial charge < -0.3 is 14.8 Å². The van der Waals surface area contributed by atoms with Gasteiger partial charge in [0.25, 0.3) is 11.5 Å². The first-order chi connectivity index (χ1) is 13.1. The maximum atomic E-state index is 12.7. The number of carbonyl (C=O) groups is 1. The highest BCUT2D eigenvalue weighted by Gasteiger charge is 2.28. The quantitative estimate of drug-likeness (QED) is 0.721. The first-order valence-corrected chi connectivity index (χ1v) is 9.46. The maximum Gasteiger partial charge on any atom is 0.256 e. The van der Waals surface area contributed by atoms with E-state index in [1.54, 1.807) is 6.92 Å². The molecule has 2 aromatic heterocycles. The molecular weight excluding hydrogens is 354 g/mol. The lowest BCUT2D eigenvalue weighted by molar-refractivity contribution is 0.0950. The molecule has 0 atom stereocenters. The van der Waals surface area contributed by atoms with Crippen LogP contribution in [-0.2, 0) is 11.8 Å². The van der Waals surface area contributed by atoms with Gasteiger partial charge in [-0.05, 0) is 49.8 Å². The Kier molecular flexibility index (Phi) is 5.15. The van der Waals surface area contributed by atoms with Crippen LogP contribution in [0.25, 0.3) is 10.9 Å². The van der Waals surface area contributed by atoms with Crippen molar-refractivity contribution in [2.24, 2.45) is 0 Å². The number of H-pyrrole nitrogens is 1. The summed E-state index contributed by atoms with van der Waals surface area (Å²) in [7, 11) is 0. The van der Waals surface area contributed by atoms with Crippen molar-refractivity contribution < 1.29 is 9.32 Å². The van der Waals surface area contributed by atoms with E-state index in [1.807, 2.05) is 52.8 Å². The van der Waals surface area contributed by atoms with Crippen LogP contribution >= 0.6 is 0 Å². The Bertz CT molecular complexity index is 1100. The topological polar surface area (TPSA) is 88.0 Å². The summed E-state index contributed by atoms with van der Waals surface area (Å²) >= 11 is 0. The molecule has 0 radical (unpaired) electrons. The Hall–Kier alpha value is -2.89. The fourth-order valence-electron chi connectivity index (χ4n) is 3.31. The van der Waals surface area contributed by atoms with Gasteiger partial charge in [0.05, 0.1) is 5.52 Å².